The molecule has 2 aromatic rings. The molecule has 2 N–H and O–H groups in total. The van der Waals surface area contributed by atoms with Crippen LogP contribution in [0.15, 0.2) is 45.3 Å². The van der Waals surface area contributed by atoms with E-state index >= 15 is 0 Å². The first-order valence-corrected chi connectivity index (χ1v) is 8.02. The third kappa shape index (κ3) is 3.93. The summed E-state index contributed by atoms with van der Waals surface area (Å²) in [5.41, 5.74) is 3.02. The van der Waals surface area contributed by atoms with Crippen LogP contribution in [0, 0.1) is 6.92 Å². The Bertz CT molecular complexity index is 661. The van der Waals surface area contributed by atoms with Crippen molar-refractivity contribution in [1.82, 2.24) is 0 Å². The second-order valence-electron chi connectivity index (χ2n) is 4.82. The molecule has 0 unspecified atom stereocenters. The molecule has 5 heteroatoms. The van der Waals surface area contributed by atoms with Gasteiger partial charge in [0.15, 0.2) is 0 Å². The van der Waals surface area contributed by atoms with Crippen molar-refractivity contribution in [2.24, 2.45) is 0 Å². The molecular weight excluding hydrogens is 398 g/mol. The summed E-state index contributed by atoms with van der Waals surface area (Å²) in [6, 6.07) is 10.8. The molecule has 2 rings (SSSR count). The van der Waals surface area contributed by atoms with Crippen molar-refractivity contribution in [2.45, 2.75) is 20.0 Å². The molecule has 1 atom stereocenters. The fourth-order valence-corrected chi connectivity index (χ4v) is 3.04. The van der Waals surface area contributed by atoms with E-state index in [4.69, 9.17) is 0 Å². The van der Waals surface area contributed by atoms with E-state index in [2.05, 4.69) is 37.2 Å². The van der Waals surface area contributed by atoms with Gasteiger partial charge in [-0.2, -0.15) is 0 Å². The summed E-state index contributed by atoms with van der Waals surface area (Å²) >= 11 is 6.88. The van der Waals surface area contributed by atoms with Gasteiger partial charge in [-0.15, -0.1) is 0 Å². The SMILES string of the molecule is Cc1c(Br)cc(C(=O)Nc2cccc([C@H](C)O)c2)cc1Br. The predicted octanol–water partition coefficient (Wildman–Crippen LogP) is 4.83. The zero-order chi connectivity index (χ0) is 15.6. The molecule has 0 aromatic heterocycles. The van der Waals surface area contributed by atoms with Crippen LogP contribution in [0.5, 0.6) is 0 Å². The number of aliphatic hydroxyl groups excluding tert-OH is 1. The molecule has 0 aliphatic heterocycles. The highest BCUT2D eigenvalue weighted by Crippen LogP contribution is 2.27. The number of benzene rings is 2. The highest BCUT2D eigenvalue weighted by atomic mass is 79.9. The highest BCUT2D eigenvalue weighted by Gasteiger charge is 2.11. The number of rotatable bonds is 3. The first-order valence-electron chi connectivity index (χ1n) is 6.43. The van der Waals surface area contributed by atoms with E-state index in [0.717, 1.165) is 20.1 Å². The van der Waals surface area contributed by atoms with Gasteiger partial charge in [0.25, 0.3) is 5.91 Å². The quantitative estimate of drug-likeness (QED) is 0.758. The van der Waals surface area contributed by atoms with Crippen LogP contribution in [0.2, 0.25) is 0 Å². The molecule has 0 bridgehead atoms. The van der Waals surface area contributed by atoms with E-state index < -0.39 is 6.10 Å². The van der Waals surface area contributed by atoms with Crippen molar-refractivity contribution in [2.75, 3.05) is 5.32 Å². The van der Waals surface area contributed by atoms with Crippen LogP contribution in [0.1, 0.15) is 34.5 Å². The van der Waals surface area contributed by atoms with Gasteiger partial charge in [0, 0.05) is 20.2 Å². The zero-order valence-electron chi connectivity index (χ0n) is 11.7. The van der Waals surface area contributed by atoms with E-state index in [0.29, 0.717) is 11.3 Å². The largest absolute Gasteiger partial charge is 0.389 e. The number of anilines is 1. The van der Waals surface area contributed by atoms with Crippen LogP contribution in [-0.2, 0) is 0 Å². The Morgan fingerprint density at radius 3 is 2.38 bits per heavy atom. The molecule has 0 aliphatic rings. The van der Waals surface area contributed by atoms with Gasteiger partial charge in [-0.05, 0) is 49.2 Å². The minimum absolute atomic E-state index is 0.195. The van der Waals surface area contributed by atoms with Crippen LogP contribution >= 0.6 is 31.9 Å². The maximum atomic E-state index is 12.3. The summed E-state index contributed by atoms with van der Waals surface area (Å²) in [7, 11) is 0. The first-order chi connectivity index (χ1) is 9.88. The average Bonchev–Trinajstić information content (AvgIpc) is 2.44. The summed E-state index contributed by atoms with van der Waals surface area (Å²) in [5, 5.41) is 12.4. The van der Waals surface area contributed by atoms with Crippen molar-refractivity contribution in [1.29, 1.82) is 0 Å². The lowest BCUT2D eigenvalue weighted by molar-refractivity contribution is 0.102. The molecule has 2 aromatic carbocycles. The van der Waals surface area contributed by atoms with Crippen LogP contribution in [0.4, 0.5) is 5.69 Å². The van der Waals surface area contributed by atoms with E-state index in [1.165, 1.54) is 0 Å². The minimum Gasteiger partial charge on any atom is -0.389 e. The van der Waals surface area contributed by atoms with Crippen molar-refractivity contribution in [3.63, 3.8) is 0 Å². The second-order valence-corrected chi connectivity index (χ2v) is 6.53. The lowest BCUT2D eigenvalue weighted by atomic mass is 10.1. The van der Waals surface area contributed by atoms with Gasteiger partial charge >= 0.3 is 0 Å². The van der Waals surface area contributed by atoms with Crippen LogP contribution in [0.3, 0.4) is 0 Å². The van der Waals surface area contributed by atoms with Gasteiger partial charge in [-0.1, -0.05) is 44.0 Å². The van der Waals surface area contributed by atoms with Crippen molar-refractivity contribution < 1.29 is 9.90 Å². The maximum absolute atomic E-state index is 12.3. The Balaban J connectivity index is 2.24. The van der Waals surface area contributed by atoms with Crippen LogP contribution in [-0.4, -0.2) is 11.0 Å². The summed E-state index contributed by atoms with van der Waals surface area (Å²) in [5.74, 6) is -0.195. The van der Waals surface area contributed by atoms with Crippen LogP contribution < -0.4 is 5.32 Å². The van der Waals surface area contributed by atoms with E-state index in [9.17, 15) is 9.90 Å². The van der Waals surface area contributed by atoms with E-state index in [-0.39, 0.29) is 5.91 Å². The third-order valence-corrected chi connectivity index (χ3v) is 4.82. The molecule has 0 saturated heterocycles. The number of aliphatic hydroxyl groups is 1. The molecule has 110 valence electrons. The summed E-state index contributed by atoms with van der Waals surface area (Å²) < 4.78 is 1.75. The van der Waals surface area contributed by atoms with Gasteiger partial charge in [0.1, 0.15) is 0 Å². The number of amides is 1. The zero-order valence-corrected chi connectivity index (χ0v) is 14.8. The number of hydrogen-bond donors (Lipinski definition) is 2. The predicted molar refractivity (Wildman–Crippen MR) is 91.6 cm³/mol. The lowest BCUT2D eigenvalue weighted by Gasteiger charge is -2.10. The Hall–Kier alpha value is -1.17. The second kappa shape index (κ2) is 6.73. The molecule has 0 fully saturated rings. The van der Waals surface area contributed by atoms with Crippen LogP contribution in [0.25, 0.3) is 0 Å². The fraction of sp³-hybridized carbons (Fsp3) is 0.188. The van der Waals surface area contributed by atoms with Gasteiger partial charge in [0.05, 0.1) is 6.10 Å². The molecular formula is C16H15Br2NO2. The van der Waals surface area contributed by atoms with E-state index in [1.807, 2.05) is 13.0 Å². The standard InChI is InChI=1S/C16H15Br2NO2/c1-9-14(17)7-12(8-15(9)18)16(21)19-13-5-3-4-11(6-13)10(2)20/h3-8,10,20H,1-2H3,(H,19,21)/t10-/m0/s1. The number of carbonyl (C=O) groups excluding carboxylic acids is 1. The number of carbonyl (C=O) groups is 1. The smallest absolute Gasteiger partial charge is 0.255 e. The molecule has 0 heterocycles. The Kier molecular flexibility index (Phi) is 5.19. The Labute approximate surface area is 140 Å². The molecule has 21 heavy (non-hydrogen) atoms. The molecule has 0 aliphatic carbocycles. The van der Waals surface area contributed by atoms with Gasteiger partial charge in [-0.3, -0.25) is 4.79 Å². The van der Waals surface area contributed by atoms with Crippen molar-refractivity contribution >= 4 is 43.5 Å². The molecule has 0 saturated carbocycles. The summed E-state index contributed by atoms with van der Waals surface area (Å²) in [4.78, 5) is 12.3. The summed E-state index contributed by atoms with van der Waals surface area (Å²) in [6.07, 6.45) is -0.565. The van der Waals surface area contributed by atoms with Gasteiger partial charge in [-0.25, -0.2) is 0 Å². The monoisotopic (exact) mass is 411 g/mol. The third-order valence-electron chi connectivity index (χ3n) is 3.17. The maximum Gasteiger partial charge on any atom is 0.255 e. The Morgan fingerprint density at radius 2 is 1.81 bits per heavy atom. The topological polar surface area (TPSA) is 49.3 Å². The lowest BCUT2D eigenvalue weighted by Crippen LogP contribution is -2.12. The fourth-order valence-electron chi connectivity index (χ4n) is 1.86. The average molecular weight is 413 g/mol. The molecule has 0 spiro atoms. The minimum atomic E-state index is -0.565. The number of hydrogen-bond acceptors (Lipinski definition) is 2. The van der Waals surface area contributed by atoms with E-state index in [1.54, 1.807) is 37.3 Å². The number of halogens is 2. The van der Waals surface area contributed by atoms with Gasteiger partial charge in [0.2, 0.25) is 0 Å². The Morgan fingerprint density at radius 1 is 1.19 bits per heavy atom. The summed E-state index contributed by atoms with van der Waals surface area (Å²) in [6.45, 7) is 3.65. The molecule has 3 nitrogen and oxygen atoms in total. The number of nitrogens with one attached hydrogen (secondary N) is 1. The highest BCUT2D eigenvalue weighted by molar-refractivity contribution is 9.11. The first kappa shape index (κ1) is 16.2. The molecule has 0 radical (unpaired) electrons. The van der Waals surface area contributed by atoms with Crippen molar-refractivity contribution in [3.8, 4) is 0 Å². The van der Waals surface area contributed by atoms with Crippen molar-refractivity contribution in [3.05, 3.63) is 62.0 Å². The normalized spacial score (nSPS) is 12.0. The molecule has 1 amide bonds. The van der Waals surface area contributed by atoms with Gasteiger partial charge < -0.3 is 10.4 Å².